The van der Waals surface area contributed by atoms with E-state index in [-0.39, 0.29) is 13.2 Å². The fourth-order valence-corrected chi connectivity index (χ4v) is 2.80. The summed E-state index contributed by atoms with van der Waals surface area (Å²) in [6, 6.07) is 6.85. The molecule has 0 radical (unpaired) electrons. The molecule has 5 nitrogen and oxygen atoms in total. The Kier molecular flexibility index (Phi) is 6.28. The number of aryl methyl sites for hydroxylation is 1. The fraction of sp³-hybridized carbons (Fsp3) is 0.500. The summed E-state index contributed by atoms with van der Waals surface area (Å²) in [7, 11) is -3.44. The van der Waals surface area contributed by atoms with Crippen LogP contribution in [0.3, 0.4) is 0 Å². The van der Waals surface area contributed by atoms with Crippen LogP contribution in [0.1, 0.15) is 12.0 Å². The van der Waals surface area contributed by atoms with Gasteiger partial charge < -0.3 is 9.84 Å². The van der Waals surface area contributed by atoms with Crippen LogP contribution < -0.4 is 4.72 Å². The molecule has 2 N–H and O–H groups in total. The summed E-state index contributed by atoms with van der Waals surface area (Å²) < 4.78 is 31.5. The van der Waals surface area contributed by atoms with E-state index < -0.39 is 10.0 Å². The molecule has 0 aliphatic carbocycles. The van der Waals surface area contributed by atoms with Gasteiger partial charge in [0.05, 0.1) is 18.1 Å². The van der Waals surface area contributed by atoms with E-state index in [1.165, 1.54) is 0 Å². The van der Waals surface area contributed by atoms with Gasteiger partial charge in [0.15, 0.2) is 0 Å². The van der Waals surface area contributed by atoms with Gasteiger partial charge >= 0.3 is 0 Å². The van der Waals surface area contributed by atoms with E-state index >= 15 is 0 Å². The molecule has 0 fully saturated rings. The molecule has 0 unspecified atom stereocenters. The summed E-state index contributed by atoms with van der Waals surface area (Å²) in [5.74, 6) is 0. The minimum Gasteiger partial charge on any atom is -0.394 e. The van der Waals surface area contributed by atoms with Crippen LogP contribution in [-0.4, -0.2) is 39.9 Å². The number of aliphatic hydroxyl groups excluding tert-OH is 1. The van der Waals surface area contributed by atoms with E-state index in [2.05, 4.69) is 4.72 Å². The number of ether oxygens (including phenoxy) is 1. The Hall–Kier alpha value is -0.950. The molecular weight excluding hydrogens is 254 g/mol. The Morgan fingerprint density at radius 2 is 2.00 bits per heavy atom. The van der Waals surface area contributed by atoms with E-state index in [1.807, 2.05) is 0 Å². The Morgan fingerprint density at radius 3 is 2.67 bits per heavy atom. The van der Waals surface area contributed by atoms with E-state index in [9.17, 15) is 8.42 Å². The van der Waals surface area contributed by atoms with E-state index in [4.69, 9.17) is 9.84 Å². The molecule has 102 valence electrons. The lowest BCUT2D eigenvalue weighted by Crippen LogP contribution is -2.26. The Balaban J connectivity index is 2.44. The highest BCUT2D eigenvalue weighted by molar-refractivity contribution is 7.89. The molecule has 1 aromatic carbocycles. The molecule has 0 aromatic heterocycles. The van der Waals surface area contributed by atoms with Crippen LogP contribution in [0.2, 0.25) is 0 Å². The molecule has 6 heteroatoms. The fourth-order valence-electron chi connectivity index (χ4n) is 1.48. The minimum atomic E-state index is -3.44. The zero-order chi connectivity index (χ0) is 13.4. The molecule has 0 saturated heterocycles. The molecule has 0 heterocycles. The van der Waals surface area contributed by atoms with Crippen molar-refractivity contribution in [1.82, 2.24) is 4.72 Å². The first-order chi connectivity index (χ1) is 8.58. The van der Waals surface area contributed by atoms with Gasteiger partial charge in [0.25, 0.3) is 0 Å². The highest BCUT2D eigenvalue weighted by Crippen LogP contribution is 2.13. The van der Waals surface area contributed by atoms with Crippen LogP contribution in [0.4, 0.5) is 0 Å². The van der Waals surface area contributed by atoms with Gasteiger partial charge in [0, 0.05) is 13.2 Å². The van der Waals surface area contributed by atoms with Crippen LogP contribution in [0.25, 0.3) is 0 Å². The quantitative estimate of drug-likeness (QED) is 0.683. The maximum Gasteiger partial charge on any atom is 0.240 e. The van der Waals surface area contributed by atoms with Crippen molar-refractivity contribution in [3.63, 3.8) is 0 Å². The van der Waals surface area contributed by atoms with Crippen molar-refractivity contribution in [3.05, 3.63) is 29.8 Å². The molecule has 0 atom stereocenters. The summed E-state index contributed by atoms with van der Waals surface area (Å²) in [6.07, 6.45) is 0.575. The predicted octanol–water partition coefficient (Wildman–Crippen LogP) is 0.672. The van der Waals surface area contributed by atoms with Crippen molar-refractivity contribution in [2.24, 2.45) is 0 Å². The smallest absolute Gasteiger partial charge is 0.240 e. The van der Waals surface area contributed by atoms with Crippen LogP contribution in [0, 0.1) is 6.92 Å². The average Bonchev–Trinajstić information content (AvgIpc) is 2.34. The lowest BCUT2D eigenvalue weighted by molar-refractivity contribution is 0.0913. The summed E-state index contributed by atoms with van der Waals surface area (Å²) in [6.45, 7) is 2.78. The van der Waals surface area contributed by atoms with Crippen molar-refractivity contribution in [2.75, 3.05) is 26.4 Å². The number of benzene rings is 1. The van der Waals surface area contributed by atoms with Gasteiger partial charge in [0.2, 0.25) is 10.0 Å². The first kappa shape index (κ1) is 15.1. The molecule has 1 rings (SSSR count). The second kappa shape index (κ2) is 7.48. The highest BCUT2D eigenvalue weighted by atomic mass is 32.2. The average molecular weight is 273 g/mol. The minimum absolute atomic E-state index is 0.0189. The topological polar surface area (TPSA) is 75.6 Å². The van der Waals surface area contributed by atoms with E-state index in [0.717, 1.165) is 5.56 Å². The maximum absolute atomic E-state index is 11.9. The van der Waals surface area contributed by atoms with E-state index in [0.29, 0.717) is 24.5 Å². The third kappa shape index (κ3) is 4.73. The number of nitrogens with one attached hydrogen (secondary N) is 1. The van der Waals surface area contributed by atoms with Gasteiger partial charge in [-0.15, -0.1) is 0 Å². The molecule has 0 aliphatic heterocycles. The van der Waals surface area contributed by atoms with Crippen LogP contribution in [0.15, 0.2) is 29.2 Å². The SMILES string of the molecule is Cc1ccccc1S(=O)(=O)NCCCOCCO. The van der Waals surface area contributed by atoms with Crippen molar-refractivity contribution in [1.29, 1.82) is 0 Å². The Morgan fingerprint density at radius 1 is 1.28 bits per heavy atom. The Labute approximate surface area is 108 Å². The van der Waals surface area contributed by atoms with Crippen LogP contribution in [0.5, 0.6) is 0 Å². The lowest BCUT2D eigenvalue weighted by atomic mass is 10.2. The van der Waals surface area contributed by atoms with Crippen molar-refractivity contribution >= 4 is 10.0 Å². The molecular formula is C12H19NO4S. The van der Waals surface area contributed by atoms with Gasteiger partial charge in [-0.1, -0.05) is 18.2 Å². The summed E-state index contributed by atoms with van der Waals surface area (Å²) >= 11 is 0. The van der Waals surface area contributed by atoms with Gasteiger partial charge in [-0.25, -0.2) is 13.1 Å². The van der Waals surface area contributed by atoms with Crippen LogP contribution >= 0.6 is 0 Å². The summed E-state index contributed by atoms with van der Waals surface area (Å²) in [5.41, 5.74) is 0.724. The van der Waals surface area contributed by atoms with Gasteiger partial charge in [-0.2, -0.15) is 0 Å². The van der Waals surface area contributed by atoms with Crippen molar-refractivity contribution in [2.45, 2.75) is 18.2 Å². The van der Waals surface area contributed by atoms with Gasteiger partial charge in [-0.3, -0.25) is 0 Å². The molecule has 0 bridgehead atoms. The number of aliphatic hydroxyl groups is 1. The molecule has 18 heavy (non-hydrogen) atoms. The zero-order valence-electron chi connectivity index (χ0n) is 10.4. The number of hydrogen-bond acceptors (Lipinski definition) is 4. The van der Waals surface area contributed by atoms with Crippen molar-refractivity contribution < 1.29 is 18.3 Å². The predicted molar refractivity (Wildman–Crippen MR) is 68.9 cm³/mol. The number of hydrogen-bond donors (Lipinski definition) is 2. The second-order valence-corrected chi connectivity index (χ2v) is 5.59. The largest absolute Gasteiger partial charge is 0.394 e. The third-order valence-corrected chi connectivity index (χ3v) is 4.00. The molecule has 0 aliphatic rings. The van der Waals surface area contributed by atoms with E-state index in [1.54, 1.807) is 31.2 Å². The standard InChI is InChI=1S/C12H19NO4S/c1-11-5-2-3-6-12(11)18(15,16)13-7-4-9-17-10-8-14/h2-3,5-6,13-14H,4,7-10H2,1H3. The highest BCUT2D eigenvalue weighted by Gasteiger charge is 2.14. The van der Waals surface area contributed by atoms with Crippen LogP contribution in [-0.2, 0) is 14.8 Å². The number of sulfonamides is 1. The van der Waals surface area contributed by atoms with Gasteiger partial charge in [-0.05, 0) is 25.0 Å². The molecule has 0 amide bonds. The summed E-state index contributed by atoms with van der Waals surface area (Å²) in [4.78, 5) is 0.307. The lowest BCUT2D eigenvalue weighted by Gasteiger charge is -2.09. The molecule has 0 spiro atoms. The Bertz CT molecular complexity index is 459. The van der Waals surface area contributed by atoms with Crippen molar-refractivity contribution in [3.8, 4) is 0 Å². The summed E-state index contributed by atoms with van der Waals surface area (Å²) in [5, 5.41) is 8.49. The van der Waals surface area contributed by atoms with Gasteiger partial charge in [0.1, 0.15) is 0 Å². The zero-order valence-corrected chi connectivity index (χ0v) is 11.2. The monoisotopic (exact) mass is 273 g/mol. The number of rotatable bonds is 8. The molecule has 0 saturated carbocycles. The first-order valence-electron chi connectivity index (χ1n) is 5.82. The second-order valence-electron chi connectivity index (χ2n) is 3.85. The first-order valence-corrected chi connectivity index (χ1v) is 7.30. The molecule has 1 aromatic rings. The third-order valence-electron chi connectivity index (χ3n) is 2.38. The normalized spacial score (nSPS) is 11.7. The maximum atomic E-state index is 11.9.